The molecule has 94 valence electrons. The third-order valence-corrected chi connectivity index (χ3v) is 6.23. The molecule has 0 spiro atoms. The Kier molecular flexibility index (Phi) is 3.17. The lowest BCUT2D eigenvalue weighted by Gasteiger charge is -2.38. The fourth-order valence-corrected chi connectivity index (χ4v) is 4.89. The molecule has 1 aliphatic heterocycles. The molecule has 0 aliphatic carbocycles. The van der Waals surface area contributed by atoms with Gasteiger partial charge < -0.3 is 14.8 Å². The topological polar surface area (TPSA) is 33.1 Å². The second-order valence-corrected chi connectivity index (χ2v) is 8.37. The lowest BCUT2D eigenvalue weighted by atomic mass is 10.3. The minimum absolute atomic E-state index is 0.215. The van der Waals surface area contributed by atoms with Crippen LogP contribution in [0.25, 0.3) is 0 Å². The molecule has 2 unspecified atom stereocenters. The van der Waals surface area contributed by atoms with Crippen LogP contribution in [0, 0.1) is 0 Å². The maximum absolute atomic E-state index is 4.56. The maximum Gasteiger partial charge on any atom is 0.135 e. The molecule has 1 aromatic heterocycles. The van der Waals surface area contributed by atoms with Crippen LogP contribution < -0.4 is 10.9 Å². The zero-order valence-electron chi connectivity index (χ0n) is 11.2. The number of aryl methyl sites for hydroxylation is 1. The highest BCUT2D eigenvalue weighted by molar-refractivity contribution is 7.67. The van der Waals surface area contributed by atoms with Crippen molar-refractivity contribution in [1.82, 2.24) is 19.8 Å². The zero-order valence-corrected chi connectivity index (χ0v) is 12.1. The summed E-state index contributed by atoms with van der Waals surface area (Å²) < 4.78 is 2.14. The molecule has 0 radical (unpaired) electrons. The summed E-state index contributed by atoms with van der Waals surface area (Å²) in [5.41, 5.74) is 1.19. The van der Waals surface area contributed by atoms with Crippen LogP contribution in [0.1, 0.15) is 20.8 Å². The third-order valence-electron chi connectivity index (χ3n) is 2.92. The minimum Gasteiger partial charge on any atom is -0.366 e. The van der Waals surface area contributed by atoms with Crippen molar-refractivity contribution in [3.05, 3.63) is 24.8 Å². The molecule has 1 aromatic rings. The summed E-state index contributed by atoms with van der Waals surface area (Å²) in [5, 5.41) is 3.66. The standard InChI is InChI=1S/C12H21N4P/c1-12(2,3)17(10-13-6-8-15(10)4)11-14-7-9-16(11)5/h6-10,13H,1-5H3. The van der Waals surface area contributed by atoms with E-state index < -0.39 is 7.92 Å². The largest absolute Gasteiger partial charge is 0.366 e. The van der Waals surface area contributed by atoms with Crippen molar-refractivity contribution in [2.75, 3.05) is 7.05 Å². The van der Waals surface area contributed by atoms with Gasteiger partial charge in [-0.05, 0) is 5.16 Å². The molecule has 2 heterocycles. The second-order valence-electron chi connectivity index (χ2n) is 5.40. The van der Waals surface area contributed by atoms with Crippen LogP contribution in [0.15, 0.2) is 24.8 Å². The van der Waals surface area contributed by atoms with Gasteiger partial charge in [0.2, 0.25) is 0 Å². The van der Waals surface area contributed by atoms with E-state index in [1.807, 2.05) is 18.6 Å². The Hall–Kier alpha value is -1.02. The number of nitrogens with one attached hydrogen (secondary N) is 1. The average Bonchev–Trinajstić information content (AvgIpc) is 2.77. The second kappa shape index (κ2) is 4.34. The van der Waals surface area contributed by atoms with Crippen LogP contribution in [0.5, 0.6) is 0 Å². The average molecular weight is 252 g/mol. The zero-order chi connectivity index (χ0) is 12.6. The number of imidazole rings is 1. The smallest absolute Gasteiger partial charge is 0.135 e. The highest BCUT2D eigenvalue weighted by Gasteiger charge is 2.38. The van der Waals surface area contributed by atoms with Crippen LogP contribution in [0.2, 0.25) is 0 Å². The van der Waals surface area contributed by atoms with Crippen molar-refractivity contribution in [2.24, 2.45) is 7.05 Å². The Morgan fingerprint density at radius 3 is 2.47 bits per heavy atom. The minimum atomic E-state index is -0.417. The predicted octanol–water partition coefficient (Wildman–Crippen LogP) is 1.62. The molecule has 0 saturated carbocycles. The first-order valence-corrected chi connectivity index (χ1v) is 7.23. The van der Waals surface area contributed by atoms with Crippen molar-refractivity contribution < 1.29 is 0 Å². The van der Waals surface area contributed by atoms with Crippen LogP contribution in [-0.2, 0) is 7.05 Å². The summed E-state index contributed by atoms with van der Waals surface area (Å²) in [5.74, 6) is 0.339. The molecule has 2 atom stereocenters. The van der Waals surface area contributed by atoms with Crippen LogP contribution >= 0.6 is 7.92 Å². The monoisotopic (exact) mass is 252 g/mol. The highest BCUT2D eigenvalue weighted by atomic mass is 31.1. The van der Waals surface area contributed by atoms with Gasteiger partial charge in [0.25, 0.3) is 0 Å². The predicted molar refractivity (Wildman–Crippen MR) is 73.3 cm³/mol. The van der Waals surface area contributed by atoms with Gasteiger partial charge in [-0.2, -0.15) is 0 Å². The summed E-state index contributed by atoms with van der Waals surface area (Å²) in [6, 6.07) is 0. The van der Waals surface area contributed by atoms with Crippen molar-refractivity contribution in [2.45, 2.75) is 31.8 Å². The summed E-state index contributed by atoms with van der Waals surface area (Å²) in [6.07, 6.45) is 8.03. The van der Waals surface area contributed by atoms with Gasteiger partial charge in [-0.15, -0.1) is 0 Å². The van der Waals surface area contributed by atoms with Crippen molar-refractivity contribution in [1.29, 1.82) is 0 Å². The van der Waals surface area contributed by atoms with E-state index in [1.165, 1.54) is 5.57 Å². The molecule has 1 N–H and O–H groups in total. The van der Waals surface area contributed by atoms with Crippen LogP contribution in [-0.4, -0.2) is 32.6 Å². The van der Waals surface area contributed by atoms with E-state index in [-0.39, 0.29) is 5.16 Å². The van der Waals surface area contributed by atoms with E-state index in [0.717, 1.165) is 0 Å². The Morgan fingerprint density at radius 1 is 1.35 bits per heavy atom. The van der Waals surface area contributed by atoms with Gasteiger partial charge in [0.05, 0.1) is 0 Å². The molecular formula is C12H21N4P. The number of nitrogens with zero attached hydrogens (tertiary/aromatic N) is 3. The SMILES string of the molecule is CN1C=CNC1P(c1nccn1C)C(C)(C)C. The molecule has 0 bridgehead atoms. The van der Waals surface area contributed by atoms with E-state index >= 15 is 0 Å². The molecular weight excluding hydrogens is 231 g/mol. The Labute approximate surface area is 104 Å². The first-order valence-electron chi connectivity index (χ1n) is 5.82. The third kappa shape index (κ3) is 2.32. The number of hydrogen-bond acceptors (Lipinski definition) is 3. The van der Waals surface area contributed by atoms with Gasteiger partial charge >= 0.3 is 0 Å². The molecule has 0 amide bonds. The van der Waals surface area contributed by atoms with Gasteiger partial charge in [-0.1, -0.05) is 20.8 Å². The van der Waals surface area contributed by atoms with Crippen LogP contribution in [0.4, 0.5) is 0 Å². The maximum atomic E-state index is 4.56. The molecule has 5 heteroatoms. The molecule has 0 saturated heterocycles. The van der Waals surface area contributed by atoms with Crippen molar-refractivity contribution >= 4 is 13.5 Å². The van der Waals surface area contributed by atoms with Crippen LogP contribution in [0.3, 0.4) is 0 Å². The van der Waals surface area contributed by atoms with Gasteiger partial charge in [0.15, 0.2) is 0 Å². The Bertz CT molecular complexity index is 418. The molecule has 1 aliphatic rings. The van der Waals surface area contributed by atoms with E-state index in [9.17, 15) is 0 Å². The van der Waals surface area contributed by atoms with Gasteiger partial charge in [-0.25, -0.2) is 4.98 Å². The normalized spacial score (nSPS) is 21.7. The lowest BCUT2D eigenvalue weighted by molar-refractivity contribution is 0.425. The molecule has 0 aromatic carbocycles. The molecule has 4 nitrogen and oxygen atoms in total. The number of rotatable bonds is 2. The Balaban J connectivity index is 2.36. The van der Waals surface area contributed by atoms with Gasteiger partial charge in [0, 0.05) is 46.8 Å². The number of hydrogen-bond donors (Lipinski definition) is 1. The number of aromatic nitrogens is 2. The molecule has 2 rings (SSSR count). The van der Waals surface area contributed by atoms with E-state index in [0.29, 0.717) is 5.91 Å². The summed E-state index contributed by atoms with van der Waals surface area (Å²) in [4.78, 5) is 6.80. The van der Waals surface area contributed by atoms with Gasteiger partial charge in [0.1, 0.15) is 11.5 Å². The molecule has 0 fully saturated rings. The summed E-state index contributed by atoms with van der Waals surface area (Å²) >= 11 is 0. The quantitative estimate of drug-likeness (QED) is 0.812. The van der Waals surface area contributed by atoms with Crippen molar-refractivity contribution in [3.63, 3.8) is 0 Å². The lowest BCUT2D eigenvalue weighted by Crippen LogP contribution is -2.41. The fourth-order valence-electron chi connectivity index (χ4n) is 2.07. The summed E-state index contributed by atoms with van der Waals surface area (Å²) in [7, 11) is 3.77. The molecule has 17 heavy (non-hydrogen) atoms. The summed E-state index contributed by atoms with van der Waals surface area (Å²) in [6.45, 7) is 6.88. The van der Waals surface area contributed by atoms with E-state index in [1.54, 1.807) is 0 Å². The fraction of sp³-hybridized carbons (Fsp3) is 0.583. The van der Waals surface area contributed by atoms with Crippen molar-refractivity contribution in [3.8, 4) is 0 Å². The van der Waals surface area contributed by atoms with E-state index in [2.05, 4.69) is 60.8 Å². The highest BCUT2D eigenvalue weighted by Crippen LogP contribution is 2.52. The first kappa shape index (κ1) is 12.4. The van der Waals surface area contributed by atoms with Gasteiger partial charge in [-0.3, -0.25) is 0 Å². The van der Waals surface area contributed by atoms with E-state index in [4.69, 9.17) is 0 Å². The Morgan fingerprint density at radius 2 is 2.06 bits per heavy atom. The first-order chi connectivity index (χ1) is 7.91.